The minimum absolute atomic E-state index is 0.114. The molecule has 0 aromatic heterocycles. The van der Waals surface area contributed by atoms with E-state index in [1.54, 1.807) is 25.1 Å². The van der Waals surface area contributed by atoms with Crippen molar-refractivity contribution in [3.63, 3.8) is 0 Å². The highest BCUT2D eigenvalue weighted by Crippen LogP contribution is 2.23. The summed E-state index contributed by atoms with van der Waals surface area (Å²) in [7, 11) is 0. The van der Waals surface area contributed by atoms with Crippen LogP contribution in [-0.2, 0) is 4.79 Å². The average Bonchev–Trinajstić information content (AvgIpc) is 2.91. The van der Waals surface area contributed by atoms with Gasteiger partial charge in [0.1, 0.15) is 11.8 Å². The van der Waals surface area contributed by atoms with Crippen LogP contribution in [0, 0.1) is 11.3 Å². The summed E-state index contributed by atoms with van der Waals surface area (Å²) in [5.41, 5.74) is 0.391. The normalized spacial score (nSPS) is 16.4. The first kappa shape index (κ1) is 14.7. The van der Waals surface area contributed by atoms with Crippen LogP contribution in [0.2, 0.25) is 5.02 Å². The first-order valence-electron chi connectivity index (χ1n) is 6.77. The van der Waals surface area contributed by atoms with Crippen molar-refractivity contribution in [3.8, 4) is 11.8 Å². The number of nitrogens with zero attached hydrogens (tertiary/aromatic N) is 1. The maximum Gasteiger partial charge on any atom is 0.260 e. The summed E-state index contributed by atoms with van der Waals surface area (Å²) in [6.45, 7) is 1.70. The van der Waals surface area contributed by atoms with Crippen molar-refractivity contribution in [3.05, 3.63) is 28.8 Å². The Kier molecular flexibility index (Phi) is 4.86. The van der Waals surface area contributed by atoms with Crippen LogP contribution in [0.5, 0.6) is 5.75 Å². The number of hydrogen-bond donors (Lipinski definition) is 1. The Morgan fingerprint density at radius 2 is 2.20 bits per heavy atom. The molecule has 1 amide bonds. The molecule has 1 aromatic carbocycles. The molecule has 1 atom stereocenters. The Morgan fingerprint density at radius 3 is 2.80 bits per heavy atom. The van der Waals surface area contributed by atoms with E-state index in [-0.39, 0.29) is 11.9 Å². The van der Waals surface area contributed by atoms with Gasteiger partial charge in [-0.2, -0.15) is 5.26 Å². The average molecular weight is 293 g/mol. The molecule has 106 valence electrons. The van der Waals surface area contributed by atoms with E-state index in [1.807, 2.05) is 6.07 Å². The number of ether oxygens (including phenoxy) is 1. The third kappa shape index (κ3) is 3.64. The van der Waals surface area contributed by atoms with Crippen molar-refractivity contribution in [2.24, 2.45) is 0 Å². The highest BCUT2D eigenvalue weighted by Gasteiger charge is 2.21. The highest BCUT2D eigenvalue weighted by atomic mass is 35.5. The zero-order valence-corrected chi connectivity index (χ0v) is 12.1. The van der Waals surface area contributed by atoms with Gasteiger partial charge in [-0.1, -0.05) is 24.4 Å². The molecule has 1 unspecified atom stereocenters. The molecule has 2 rings (SSSR count). The quantitative estimate of drug-likeness (QED) is 0.928. The Bertz CT molecular complexity index is 533. The molecule has 20 heavy (non-hydrogen) atoms. The number of halogens is 1. The Morgan fingerprint density at radius 1 is 1.50 bits per heavy atom. The van der Waals surface area contributed by atoms with E-state index in [9.17, 15) is 4.79 Å². The number of nitrogens with one attached hydrogen (secondary N) is 1. The number of amides is 1. The molecule has 0 heterocycles. The standard InChI is InChI=1S/C15H17ClN2O2/c1-10(15(19)18-12-4-2-3-5-12)20-13-7-6-11(9-17)14(16)8-13/h6-8,10,12H,2-5H2,1H3,(H,18,19). The lowest BCUT2D eigenvalue weighted by atomic mass is 10.2. The summed E-state index contributed by atoms with van der Waals surface area (Å²) < 4.78 is 5.56. The monoisotopic (exact) mass is 292 g/mol. The smallest absolute Gasteiger partial charge is 0.260 e. The number of benzene rings is 1. The second-order valence-corrected chi connectivity index (χ2v) is 5.41. The van der Waals surface area contributed by atoms with Gasteiger partial charge in [0.15, 0.2) is 6.10 Å². The molecule has 1 N–H and O–H groups in total. The van der Waals surface area contributed by atoms with Crippen molar-refractivity contribution >= 4 is 17.5 Å². The molecule has 0 spiro atoms. The van der Waals surface area contributed by atoms with Crippen LogP contribution in [0.1, 0.15) is 38.2 Å². The number of rotatable bonds is 4. The molecule has 1 aliphatic rings. The van der Waals surface area contributed by atoms with Crippen molar-refractivity contribution in [2.75, 3.05) is 0 Å². The molecule has 1 fully saturated rings. The Balaban J connectivity index is 1.93. The summed E-state index contributed by atoms with van der Waals surface area (Å²) in [5, 5.41) is 12.1. The Labute approximate surface area is 123 Å². The minimum Gasteiger partial charge on any atom is -0.481 e. The molecule has 5 heteroatoms. The molecular weight excluding hydrogens is 276 g/mol. The van der Waals surface area contributed by atoms with E-state index in [4.69, 9.17) is 21.6 Å². The summed E-state index contributed by atoms with van der Waals surface area (Å²) in [4.78, 5) is 12.0. The lowest BCUT2D eigenvalue weighted by Gasteiger charge is -2.18. The van der Waals surface area contributed by atoms with Gasteiger partial charge < -0.3 is 10.1 Å². The van der Waals surface area contributed by atoms with Gasteiger partial charge in [-0.3, -0.25) is 4.79 Å². The molecule has 1 aliphatic carbocycles. The second kappa shape index (κ2) is 6.62. The van der Waals surface area contributed by atoms with Gasteiger partial charge in [0, 0.05) is 12.1 Å². The lowest BCUT2D eigenvalue weighted by Crippen LogP contribution is -2.41. The van der Waals surface area contributed by atoms with Crippen LogP contribution in [-0.4, -0.2) is 18.1 Å². The van der Waals surface area contributed by atoms with E-state index in [0.29, 0.717) is 16.3 Å². The van der Waals surface area contributed by atoms with E-state index in [2.05, 4.69) is 5.32 Å². The molecule has 1 saturated carbocycles. The number of hydrogen-bond acceptors (Lipinski definition) is 3. The summed E-state index contributed by atoms with van der Waals surface area (Å²) in [5.74, 6) is 0.375. The van der Waals surface area contributed by atoms with Crippen molar-refractivity contribution in [1.82, 2.24) is 5.32 Å². The fourth-order valence-corrected chi connectivity index (χ4v) is 2.52. The molecule has 1 aromatic rings. The number of carbonyl (C=O) groups excluding carboxylic acids is 1. The van der Waals surface area contributed by atoms with E-state index in [0.717, 1.165) is 12.8 Å². The van der Waals surface area contributed by atoms with Gasteiger partial charge in [-0.25, -0.2) is 0 Å². The molecule has 0 aliphatic heterocycles. The van der Waals surface area contributed by atoms with Crippen molar-refractivity contribution in [1.29, 1.82) is 5.26 Å². The van der Waals surface area contributed by atoms with Gasteiger partial charge in [0.2, 0.25) is 0 Å². The molecule has 0 saturated heterocycles. The first-order valence-corrected chi connectivity index (χ1v) is 7.14. The van der Waals surface area contributed by atoms with Crippen molar-refractivity contribution < 1.29 is 9.53 Å². The predicted octanol–water partition coefficient (Wildman–Crippen LogP) is 3.04. The summed E-state index contributed by atoms with van der Waals surface area (Å²) >= 11 is 5.93. The number of nitriles is 1. The molecule has 0 bridgehead atoms. The maximum absolute atomic E-state index is 12.0. The zero-order valence-electron chi connectivity index (χ0n) is 11.4. The summed E-state index contributed by atoms with van der Waals surface area (Å²) in [6, 6.07) is 7.04. The van der Waals surface area contributed by atoms with Gasteiger partial charge in [-0.15, -0.1) is 0 Å². The Hall–Kier alpha value is -1.73. The van der Waals surface area contributed by atoms with Crippen LogP contribution in [0.25, 0.3) is 0 Å². The summed E-state index contributed by atoms with van der Waals surface area (Å²) in [6.07, 6.45) is 3.85. The van der Waals surface area contributed by atoms with Crippen LogP contribution in [0.4, 0.5) is 0 Å². The lowest BCUT2D eigenvalue weighted by molar-refractivity contribution is -0.127. The van der Waals surface area contributed by atoms with Gasteiger partial charge >= 0.3 is 0 Å². The molecular formula is C15H17ClN2O2. The van der Waals surface area contributed by atoms with Crippen LogP contribution in [0.15, 0.2) is 18.2 Å². The van der Waals surface area contributed by atoms with Gasteiger partial charge in [0.05, 0.1) is 10.6 Å². The number of carbonyl (C=O) groups is 1. The largest absolute Gasteiger partial charge is 0.481 e. The van der Waals surface area contributed by atoms with E-state index in [1.165, 1.54) is 12.8 Å². The van der Waals surface area contributed by atoms with Gasteiger partial charge in [0.25, 0.3) is 5.91 Å². The molecule has 0 radical (unpaired) electrons. The fraction of sp³-hybridized carbons (Fsp3) is 0.467. The third-order valence-electron chi connectivity index (χ3n) is 3.44. The van der Waals surface area contributed by atoms with Crippen LogP contribution >= 0.6 is 11.6 Å². The minimum atomic E-state index is -0.584. The first-order chi connectivity index (χ1) is 9.60. The van der Waals surface area contributed by atoms with Gasteiger partial charge in [-0.05, 0) is 31.9 Å². The third-order valence-corrected chi connectivity index (χ3v) is 3.76. The maximum atomic E-state index is 12.0. The van der Waals surface area contributed by atoms with E-state index < -0.39 is 6.10 Å². The SMILES string of the molecule is CC(Oc1ccc(C#N)c(Cl)c1)C(=O)NC1CCCC1. The predicted molar refractivity (Wildman–Crippen MR) is 76.7 cm³/mol. The highest BCUT2D eigenvalue weighted by molar-refractivity contribution is 6.31. The zero-order chi connectivity index (χ0) is 14.5. The fourth-order valence-electron chi connectivity index (χ4n) is 2.31. The van der Waals surface area contributed by atoms with Crippen molar-refractivity contribution in [2.45, 2.75) is 44.8 Å². The van der Waals surface area contributed by atoms with E-state index >= 15 is 0 Å². The van der Waals surface area contributed by atoms with Crippen LogP contribution in [0.3, 0.4) is 0 Å². The second-order valence-electron chi connectivity index (χ2n) is 5.00. The topological polar surface area (TPSA) is 62.1 Å². The van der Waals surface area contributed by atoms with Crippen LogP contribution < -0.4 is 10.1 Å². The molecule has 4 nitrogen and oxygen atoms in total.